The van der Waals surface area contributed by atoms with Crippen LogP contribution in [0, 0.1) is 9.39 Å². The van der Waals surface area contributed by atoms with E-state index < -0.39 is 28.0 Å². The van der Waals surface area contributed by atoms with E-state index in [1.165, 1.54) is 0 Å². The Balaban J connectivity index is 2.96. The van der Waals surface area contributed by atoms with Gasteiger partial charge >= 0.3 is 5.51 Å². The molecule has 0 aliphatic rings. The molecule has 13 heavy (non-hydrogen) atoms. The number of pyridine rings is 1. The summed E-state index contributed by atoms with van der Waals surface area (Å²) in [5.74, 6) is -0.877. The van der Waals surface area contributed by atoms with Crippen molar-refractivity contribution in [3.8, 4) is 0 Å². The maximum atomic E-state index is 13.0. The van der Waals surface area contributed by atoms with Crippen molar-refractivity contribution in [1.82, 2.24) is 4.98 Å². The van der Waals surface area contributed by atoms with Crippen molar-refractivity contribution in [2.45, 2.75) is 10.4 Å². The fraction of sp³-hybridized carbons (Fsp3) is 0.167. The van der Waals surface area contributed by atoms with E-state index in [1.54, 1.807) is 22.6 Å². The van der Waals surface area contributed by atoms with Crippen LogP contribution in [0.1, 0.15) is 0 Å². The smallest absolute Gasteiger partial charge is 0.262 e. The number of alkyl halides is 3. The third-order valence-electron chi connectivity index (χ3n) is 1.03. The molecule has 0 radical (unpaired) electrons. The molecule has 0 aliphatic heterocycles. The number of nitrogens with zero attached hydrogens (tertiary/aromatic N) is 1. The number of thioether (sulfide) groups is 1. The minimum absolute atomic E-state index is 0.0758. The average Bonchev–Trinajstić information content (AvgIpc) is 1.96. The Morgan fingerprint density at radius 3 is 2.46 bits per heavy atom. The van der Waals surface area contributed by atoms with Crippen molar-refractivity contribution in [3.05, 3.63) is 21.8 Å². The minimum Gasteiger partial charge on any atom is -0.262 e. The number of halogens is 5. The topological polar surface area (TPSA) is 12.9 Å². The molecule has 0 bridgehead atoms. The lowest BCUT2D eigenvalue weighted by molar-refractivity contribution is -0.0329. The molecule has 1 nitrogen and oxygen atoms in total. The van der Waals surface area contributed by atoms with Crippen LogP contribution in [-0.2, 0) is 0 Å². The number of hydrogen-bond acceptors (Lipinski definition) is 2. The first-order chi connectivity index (χ1) is 5.90. The molecule has 0 aliphatic carbocycles. The normalized spacial score (nSPS) is 11.8. The summed E-state index contributed by atoms with van der Waals surface area (Å²) in [5, 5.41) is 0. The van der Waals surface area contributed by atoms with Crippen LogP contribution in [0.15, 0.2) is 17.3 Å². The second-order valence-corrected chi connectivity index (χ2v) is 4.25. The molecule has 1 heterocycles. The van der Waals surface area contributed by atoms with Gasteiger partial charge in [0.05, 0.1) is 8.47 Å². The van der Waals surface area contributed by atoms with E-state index in [-0.39, 0.29) is 3.57 Å². The number of hydrogen-bond donors (Lipinski definition) is 0. The zero-order valence-electron chi connectivity index (χ0n) is 5.90. The second-order valence-electron chi connectivity index (χ2n) is 1.98. The number of rotatable bonds is 1. The van der Waals surface area contributed by atoms with Crippen LogP contribution in [0.4, 0.5) is 17.6 Å². The zero-order chi connectivity index (χ0) is 10.1. The van der Waals surface area contributed by atoms with Crippen LogP contribution in [0.3, 0.4) is 0 Å². The van der Waals surface area contributed by atoms with E-state index in [2.05, 4.69) is 4.98 Å². The van der Waals surface area contributed by atoms with E-state index in [4.69, 9.17) is 0 Å². The summed E-state index contributed by atoms with van der Waals surface area (Å²) in [5.41, 5.74) is -4.48. The van der Waals surface area contributed by atoms with E-state index >= 15 is 0 Å². The Kier molecular flexibility index (Phi) is 3.38. The molecule has 0 spiro atoms. The zero-order valence-corrected chi connectivity index (χ0v) is 8.87. The van der Waals surface area contributed by atoms with Gasteiger partial charge in [-0.05, 0) is 34.4 Å². The summed E-state index contributed by atoms with van der Waals surface area (Å²) in [7, 11) is 0. The molecule has 0 atom stereocenters. The molecule has 7 heteroatoms. The highest BCUT2D eigenvalue weighted by Crippen LogP contribution is 2.38. The first-order valence-electron chi connectivity index (χ1n) is 2.95. The van der Waals surface area contributed by atoms with Gasteiger partial charge in [0.15, 0.2) is 5.82 Å². The van der Waals surface area contributed by atoms with Gasteiger partial charge in [-0.25, -0.2) is 4.39 Å². The van der Waals surface area contributed by atoms with E-state index in [1.807, 2.05) is 0 Å². The van der Waals surface area contributed by atoms with Gasteiger partial charge in [0.2, 0.25) is 0 Å². The van der Waals surface area contributed by atoms with Crippen LogP contribution >= 0.6 is 34.4 Å². The summed E-state index contributed by atoms with van der Waals surface area (Å²) < 4.78 is 48.5. The molecular formula is C6H2F4INS. The van der Waals surface area contributed by atoms with Gasteiger partial charge in [0.1, 0.15) is 0 Å². The quantitative estimate of drug-likeness (QED) is 0.446. The van der Waals surface area contributed by atoms with Gasteiger partial charge in [0, 0.05) is 12.4 Å². The molecule has 1 aromatic heterocycles. The largest absolute Gasteiger partial charge is 0.446 e. The lowest BCUT2D eigenvalue weighted by Crippen LogP contribution is -2.01. The first kappa shape index (κ1) is 11.0. The molecule has 0 aromatic carbocycles. The number of aromatic nitrogens is 1. The van der Waals surface area contributed by atoms with Crippen LogP contribution in [0.5, 0.6) is 0 Å². The average molecular weight is 323 g/mol. The highest BCUT2D eigenvalue weighted by molar-refractivity contribution is 14.1. The molecule has 0 N–H and O–H groups in total. The summed E-state index contributed by atoms with van der Waals surface area (Å²) in [4.78, 5) is 2.96. The molecule has 0 saturated carbocycles. The van der Waals surface area contributed by atoms with Crippen molar-refractivity contribution >= 4 is 34.4 Å². The Hall–Kier alpha value is -0.0500. The van der Waals surface area contributed by atoms with E-state index in [0.29, 0.717) is 0 Å². The van der Waals surface area contributed by atoms with Crippen molar-refractivity contribution in [3.63, 3.8) is 0 Å². The molecule has 0 saturated heterocycles. The van der Waals surface area contributed by atoms with Crippen molar-refractivity contribution in [1.29, 1.82) is 0 Å². The second kappa shape index (κ2) is 3.99. The summed E-state index contributed by atoms with van der Waals surface area (Å²) in [6.07, 6.45) is 2.02. The maximum absolute atomic E-state index is 13.0. The predicted octanol–water partition coefficient (Wildman–Crippen LogP) is 3.44. The SMILES string of the molecule is Fc1c(I)cncc1SC(F)(F)F. The third kappa shape index (κ3) is 3.29. The Morgan fingerprint density at radius 2 is 1.92 bits per heavy atom. The monoisotopic (exact) mass is 323 g/mol. The van der Waals surface area contributed by atoms with Gasteiger partial charge in [-0.2, -0.15) is 13.2 Å². The minimum atomic E-state index is -4.48. The molecule has 0 amide bonds. The first-order valence-corrected chi connectivity index (χ1v) is 4.84. The fourth-order valence-corrected chi connectivity index (χ4v) is 1.79. The Labute approximate surface area is 89.1 Å². The van der Waals surface area contributed by atoms with Crippen molar-refractivity contribution in [2.24, 2.45) is 0 Å². The lowest BCUT2D eigenvalue weighted by Gasteiger charge is -2.06. The standard InChI is InChI=1S/C6H2F4INS/c7-5-3(11)1-12-2-4(5)13-6(8,9)10/h1-2H. The Morgan fingerprint density at radius 1 is 1.31 bits per heavy atom. The van der Waals surface area contributed by atoms with Crippen LogP contribution in [0.2, 0.25) is 0 Å². The lowest BCUT2D eigenvalue weighted by atomic mass is 10.5. The molecule has 72 valence electrons. The summed E-state index contributed by atoms with van der Waals surface area (Å²) in [6.45, 7) is 0. The Bertz CT molecular complexity index is 314. The van der Waals surface area contributed by atoms with Crippen LogP contribution in [-0.4, -0.2) is 10.5 Å². The van der Waals surface area contributed by atoms with Gasteiger partial charge in [0.25, 0.3) is 0 Å². The maximum Gasteiger partial charge on any atom is 0.446 e. The molecule has 1 aromatic rings. The molecule has 0 fully saturated rings. The van der Waals surface area contributed by atoms with Gasteiger partial charge < -0.3 is 0 Å². The summed E-state index contributed by atoms with van der Waals surface area (Å²) >= 11 is 1.08. The van der Waals surface area contributed by atoms with Crippen LogP contribution in [0.25, 0.3) is 0 Å². The van der Waals surface area contributed by atoms with Crippen molar-refractivity contribution in [2.75, 3.05) is 0 Å². The molecular weight excluding hydrogens is 321 g/mol. The predicted molar refractivity (Wildman–Crippen MR) is 48.8 cm³/mol. The van der Waals surface area contributed by atoms with Gasteiger partial charge in [-0.3, -0.25) is 4.98 Å². The highest BCUT2D eigenvalue weighted by Gasteiger charge is 2.31. The molecule has 0 unspecified atom stereocenters. The van der Waals surface area contributed by atoms with E-state index in [0.717, 1.165) is 12.4 Å². The third-order valence-corrected chi connectivity index (χ3v) is 2.52. The van der Waals surface area contributed by atoms with Gasteiger partial charge in [-0.15, -0.1) is 0 Å². The summed E-state index contributed by atoms with van der Waals surface area (Å²) in [6, 6.07) is 0. The highest BCUT2D eigenvalue weighted by atomic mass is 127. The van der Waals surface area contributed by atoms with E-state index in [9.17, 15) is 17.6 Å². The molecule has 1 rings (SSSR count). The van der Waals surface area contributed by atoms with Crippen molar-refractivity contribution < 1.29 is 17.6 Å². The van der Waals surface area contributed by atoms with Crippen LogP contribution < -0.4 is 0 Å². The fourth-order valence-electron chi connectivity index (χ4n) is 0.597. The van der Waals surface area contributed by atoms with Gasteiger partial charge in [-0.1, -0.05) is 0 Å².